The molecule has 2 nitrogen and oxygen atoms in total. The van der Waals surface area contributed by atoms with Crippen LogP contribution >= 0.6 is 23.5 Å². The Balaban J connectivity index is 4.32. The summed E-state index contributed by atoms with van der Waals surface area (Å²) in [6.45, 7) is 6.29. The Kier molecular flexibility index (Phi) is 8.18. The number of allylic oxidation sites excluding steroid dienone is 1. The van der Waals surface area contributed by atoms with Gasteiger partial charge in [-0.3, -0.25) is 0 Å². The largest absolute Gasteiger partial charge is 0.461 e. The van der Waals surface area contributed by atoms with E-state index in [1.54, 1.807) is 11.8 Å². The number of methoxy groups -OCH3 is 1. The third-order valence-electron chi connectivity index (χ3n) is 1.66. The van der Waals surface area contributed by atoms with E-state index in [0.717, 1.165) is 22.8 Å². The molecule has 82 valence electrons. The lowest BCUT2D eigenvalue weighted by atomic mass is 10.3. The SMILES string of the molecule is CCCSC(SC(=O)OC)=C(C)CC. The molecule has 0 aliphatic rings. The van der Waals surface area contributed by atoms with Gasteiger partial charge in [-0.1, -0.05) is 19.4 Å². The van der Waals surface area contributed by atoms with Crippen LogP contribution in [0, 0.1) is 0 Å². The second kappa shape index (κ2) is 8.24. The van der Waals surface area contributed by atoms with E-state index in [1.165, 1.54) is 24.4 Å². The van der Waals surface area contributed by atoms with Gasteiger partial charge in [0.1, 0.15) is 0 Å². The monoisotopic (exact) mass is 234 g/mol. The summed E-state index contributed by atoms with van der Waals surface area (Å²) in [4.78, 5) is 11.1. The Labute approximate surface area is 94.9 Å². The molecule has 0 atom stereocenters. The quantitative estimate of drug-likeness (QED) is 0.664. The highest BCUT2D eigenvalue weighted by atomic mass is 32.2. The molecule has 0 fully saturated rings. The van der Waals surface area contributed by atoms with Crippen molar-refractivity contribution in [2.75, 3.05) is 12.9 Å². The predicted octanol–water partition coefficient (Wildman–Crippen LogP) is 4.27. The molecule has 0 amide bonds. The Morgan fingerprint density at radius 3 is 2.43 bits per heavy atom. The number of ether oxygens (including phenoxy) is 1. The maximum Gasteiger partial charge on any atom is 0.372 e. The number of rotatable bonds is 5. The topological polar surface area (TPSA) is 26.3 Å². The van der Waals surface area contributed by atoms with Gasteiger partial charge in [-0.25, -0.2) is 4.79 Å². The molecule has 0 bridgehead atoms. The minimum Gasteiger partial charge on any atom is -0.461 e. The highest BCUT2D eigenvalue weighted by Gasteiger charge is 2.09. The van der Waals surface area contributed by atoms with Crippen molar-refractivity contribution in [1.29, 1.82) is 0 Å². The predicted molar refractivity (Wildman–Crippen MR) is 65.7 cm³/mol. The van der Waals surface area contributed by atoms with Gasteiger partial charge in [-0.2, -0.15) is 0 Å². The lowest BCUT2D eigenvalue weighted by Crippen LogP contribution is -1.92. The number of carbonyl (C=O) groups excluding carboxylic acids is 1. The average molecular weight is 234 g/mol. The molecule has 0 radical (unpaired) electrons. The van der Waals surface area contributed by atoms with Crippen LogP contribution < -0.4 is 0 Å². The van der Waals surface area contributed by atoms with E-state index in [9.17, 15) is 4.79 Å². The highest BCUT2D eigenvalue weighted by Crippen LogP contribution is 2.34. The lowest BCUT2D eigenvalue weighted by Gasteiger charge is -2.07. The zero-order valence-corrected chi connectivity index (χ0v) is 10.9. The number of hydrogen-bond donors (Lipinski definition) is 0. The summed E-state index contributed by atoms with van der Waals surface area (Å²) in [5.74, 6) is 1.05. The van der Waals surface area contributed by atoms with E-state index in [2.05, 4.69) is 25.5 Å². The molecular weight excluding hydrogens is 216 g/mol. The zero-order valence-electron chi connectivity index (χ0n) is 9.25. The summed E-state index contributed by atoms with van der Waals surface area (Å²) in [7, 11) is 1.42. The zero-order chi connectivity index (χ0) is 11.0. The molecule has 0 aromatic carbocycles. The van der Waals surface area contributed by atoms with Crippen LogP contribution in [-0.2, 0) is 4.74 Å². The summed E-state index contributed by atoms with van der Waals surface area (Å²) < 4.78 is 5.73. The molecule has 0 aliphatic heterocycles. The second-order valence-electron chi connectivity index (χ2n) is 2.83. The van der Waals surface area contributed by atoms with Crippen LogP contribution in [0.25, 0.3) is 0 Å². The molecule has 0 unspecified atom stereocenters. The van der Waals surface area contributed by atoms with Gasteiger partial charge in [0.25, 0.3) is 0 Å². The second-order valence-corrected chi connectivity index (χ2v) is 5.14. The molecule has 0 aromatic heterocycles. The molecule has 0 aliphatic carbocycles. The van der Waals surface area contributed by atoms with Crippen molar-refractivity contribution in [1.82, 2.24) is 0 Å². The van der Waals surface area contributed by atoms with Crippen LogP contribution in [0.3, 0.4) is 0 Å². The molecule has 4 heteroatoms. The van der Waals surface area contributed by atoms with Gasteiger partial charge in [0.15, 0.2) is 0 Å². The number of hydrogen-bond acceptors (Lipinski definition) is 4. The first-order valence-corrected chi connectivity index (χ1v) is 6.54. The Morgan fingerprint density at radius 1 is 1.36 bits per heavy atom. The van der Waals surface area contributed by atoms with Crippen molar-refractivity contribution in [3.8, 4) is 0 Å². The van der Waals surface area contributed by atoms with E-state index in [-0.39, 0.29) is 5.30 Å². The van der Waals surface area contributed by atoms with Gasteiger partial charge in [-0.05, 0) is 37.3 Å². The number of thioether (sulfide) groups is 2. The van der Waals surface area contributed by atoms with Crippen LogP contribution in [0.15, 0.2) is 9.81 Å². The van der Waals surface area contributed by atoms with E-state index < -0.39 is 0 Å². The van der Waals surface area contributed by atoms with E-state index in [1.807, 2.05) is 0 Å². The summed E-state index contributed by atoms with van der Waals surface area (Å²) in [5.41, 5.74) is 1.26. The maximum atomic E-state index is 11.1. The first-order chi connectivity index (χ1) is 6.65. The summed E-state index contributed by atoms with van der Waals surface area (Å²) in [6, 6.07) is 0. The first-order valence-electron chi connectivity index (χ1n) is 4.74. The summed E-state index contributed by atoms with van der Waals surface area (Å²) >= 11 is 2.94. The van der Waals surface area contributed by atoms with Crippen molar-refractivity contribution >= 4 is 28.8 Å². The molecule has 0 aromatic rings. The Bertz CT molecular complexity index is 212. The van der Waals surface area contributed by atoms with Gasteiger partial charge in [0, 0.05) is 0 Å². The molecular formula is C10H18O2S2. The van der Waals surface area contributed by atoms with Gasteiger partial charge >= 0.3 is 5.30 Å². The molecule has 0 saturated heterocycles. The minimum atomic E-state index is -0.226. The van der Waals surface area contributed by atoms with Crippen molar-refractivity contribution < 1.29 is 9.53 Å². The fourth-order valence-corrected chi connectivity index (χ4v) is 2.72. The third-order valence-corrected chi connectivity index (χ3v) is 4.35. The normalized spacial score (nSPS) is 12.3. The van der Waals surface area contributed by atoms with Crippen LogP contribution in [0.1, 0.15) is 33.6 Å². The third kappa shape index (κ3) is 5.60. The molecule has 0 spiro atoms. The van der Waals surface area contributed by atoms with Gasteiger partial charge in [0.05, 0.1) is 11.3 Å². The van der Waals surface area contributed by atoms with Gasteiger partial charge in [-0.15, -0.1) is 11.8 Å². The molecule has 0 heterocycles. The standard InChI is InChI=1S/C10H18O2S2/c1-5-7-13-9(8(3)6-2)14-10(11)12-4/h5-7H2,1-4H3. The van der Waals surface area contributed by atoms with Crippen molar-refractivity contribution in [3.63, 3.8) is 0 Å². The fourth-order valence-electron chi connectivity index (χ4n) is 0.696. The number of carbonyl (C=O) groups is 1. The van der Waals surface area contributed by atoms with Crippen LogP contribution in [0.2, 0.25) is 0 Å². The van der Waals surface area contributed by atoms with Crippen LogP contribution in [0.4, 0.5) is 4.79 Å². The summed E-state index contributed by atoms with van der Waals surface area (Å²) in [6.07, 6.45) is 2.10. The molecule has 0 rings (SSSR count). The smallest absolute Gasteiger partial charge is 0.372 e. The maximum absolute atomic E-state index is 11.1. The average Bonchev–Trinajstić information content (AvgIpc) is 2.22. The van der Waals surface area contributed by atoms with Gasteiger partial charge < -0.3 is 4.74 Å². The Morgan fingerprint density at radius 2 is 2.00 bits per heavy atom. The molecule has 0 saturated carbocycles. The first kappa shape index (κ1) is 13.9. The summed E-state index contributed by atoms with van der Waals surface area (Å²) in [5, 5.41) is -0.226. The molecule has 0 N–H and O–H groups in total. The van der Waals surface area contributed by atoms with Crippen LogP contribution in [-0.4, -0.2) is 18.2 Å². The Hall–Kier alpha value is -0.0900. The highest BCUT2D eigenvalue weighted by molar-refractivity contribution is 8.29. The van der Waals surface area contributed by atoms with Crippen LogP contribution in [0.5, 0.6) is 0 Å². The minimum absolute atomic E-state index is 0.226. The van der Waals surface area contributed by atoms with Crippen molar-refractivity contribution in [2.45, 2.75) is 33.6 Å². The van der Waals surface area contributed by atoms with Gasteiger partial charge in [0.2, 0.25) is 0 Å². The fraction of sp³-hybridized carbons (Fsp3) is 0.700. The van der Waals surface area contributed by atoms with E-state index >= 15 is 0 Å². The van der Waals surface area contributed by atoms with E-state index in [4.69, 9.17) is 0 Å². The van der Waals surface area contributed by atoms with Crippen molar-refractivity contribution in [3.05, 3.63) is 9.81 Å². The van der Waals surface area contributed by atoms with E-state index in [0.29, 0.717) is 0 Å². The molecule has 14 heavy (non-hydrogen) atoms. The lowest BCUT2D eigenvalue weighted by molar-refractivity contribution is 0.200. The van der Waals surface area contributed by atoms with Crippen molar-refractivity contribution in [2.24, 2.45) is 0 Å².